The van der Waals surface area contributed by atoms with Crippen molar-refractivity contribution in [3.05, 3.63) is 11.6 Å². The number of methoxy groups -OCH3 is 2. The largest absolute Gasteiger partial charge is 0.467 e. The molecule has 3 rings (SSSR count). The summed E-state index contributed by atoms with van der Waals surface area (Å²) in [6, 6.07) is -0.756. The normalized spacial score (nSPS) is 37.2. The minimum absolute atomic E-state index is 0.0481. The zero-order valence-electron chi connectivity index (χ0n) is 20.4. The summed E-state index contributed by atoms with van der Waals surface area (Å²) in [5, 5.41) is 2.70. The van der Waals surface area contributed by atoms with E-state index in [-0.39, 0.29) is 29.6 Å². The summed E-state index contributed by atoms with van der Waals surface area (Å²) in [5.41, 5.74) is 0.579. The van der Waals surface area contributed by atoms with Gasteiger partial charge in [-0.2, -0.15) is 0 Å². The maximum absolute atomic E-state index is 12.7. The average molecular weight is 454 g/mol. The predicted octanol–water partition coefficient (Wildman–Crippen LogP) is 3.38. The summed E-state index contributed by atoms with van der Waals surface area (Å²) in [6.07, 6.45) is 3.77. The Balaban J connectivity index is 1.71. The minimum Gasteiger partial charge on any atom is -0.467 e. The van der Waals surface area contributed by atoms with Crippen LogP contribution in [-0.2, 0) is 28.5 Å². The molecule has 182 valence electrons. The van der Waals surface area contributed by atoms with Crippen LogP contribution in [0.2, 0.25) is 0 Å². The van der Waals surface area contributed by atoms with Crippen molar-refractivity contribution in [1.82, 2.24) is 5.32 Å². The van der Waals surface area contributed by atoms with E-state index < -0.39 is 29.8 Å². The molecular weight excluding hydrogens is 414 g/mol. The van der Waals surface area contributed by atoms with E-state index in [1.54, 1.807) is 7.11 Å². The number of carbonyl (C=O) groups excluding carboxylic acids is 2. The molecule has 0 bridgehead atoms. The van der Waals surface area contributed by atoms with Crippen LogP contribution in [0.5, 0.6) is 0 Å². The molecule has 1 aliphatic carbocycles. The molecule has 0 aromatic rings. The van der Waals surface area contributed by atoms with Gasteiger partial charge in [-0.25, -0.2) is 9.59 Å². The summed E-state index contributed by atoms with van der Waals surface area (Å²) in [7, 11) is 2.95. The highest BCUT2D eigenvalue weighted by molar-refractivity contribution is 5.81. The summed E-state index contributed by atoms with van der Waals surface area (Å²) in [6.45, 7) is 10.8. The first-order chi connectivity index (χ1) is 15.1. The summed E-state index contributed by atoms with van der Waals surface area (Å²) < 4.78 is 28.7. The fraction of sp³-hybridized carbons (Fsp3) is 0.833. The topological polar surface area (TPSA) is 98.9 Å². The van der Waals surface area contributed by atoms with Crippen LogP contribution in [0.25, 0.3) is 0 Å². The van der Waals surface area contributed by atoms with Crippen molar-refractivity contribution in [2.75, 3.05) is 20.8 Å². The summed E-state index contributed by atoms with van der Waals surface area (Å²) >= 11 is 0. The molecule has 32 heavy (non-hydrogen) atoms. The van der Waals surface area contributed by atoms with Crippen LogP contribution in [-0.4, -0.2) is 68.4 Å². The van der Waals surface area contributed by atoms with Crippen LogP contribution in [0.4, 0.5) is 4.79 Å². The van der Waals surface area contributed by atoms with Crippen LogP contribution in [0.15, 0.2) is 11.6 Å². The van der Waals surface area contributed by atoms with E-state index in [0.29, 0.717) is 13.0 Å². The third-order valence-corrected chi connectivity index (χ3v) is 7.44. The first-order valence-electron chi connectivity index (χ1n) is 11.6. The van der Waals surface area contributed by atoms with Crippen molar-refractivity contribution in [2.45, 2.75) is 95.9 Å². The summed E-state index contributed by atoms with van der Waals surface area (Å²) in [4.78, 5) is 24.9. The van der Waals surface area contributed by atoms with Crippen molar-refractivity contribution in [3.63, 3.8) is 0 Å². The highest BCUT2D eigenvalue weighted by atomic mass is 16.6. The van der Waals surface area contributed by atoms with Crippen molar-refractivity contribution in [3.8, 4) is 0 Å². The van der Waals surface area contributed by atoms with E-state index in [1.165, 1.54) is 12.7 Å². The second-order valence-electron chi connectivity index (χ2n) is 9.85. The Morgan fingerprint density at radius 1 is 1.28 bits per heavy atom. The smallest absolute Gasteiger partial charge is 0.408 e. The van der Waals surface area contributed by atoms with Crippen LogP contribution in [0, 0.1) is 11.8 Å². The zero-order chi connectivity index (χ0) is 23.7. The lowest BCUT2D eigenvalue weighted by Crippen LogP contribution is -2.56. The van der Waals surface area contributed by atoms with Gasteiger partial charge in [0, 0.05) is 7.11 Å². The van der Waals surface area contributed by atoms with Gasteiger partial charge in [-0.15, -0.1) is 0 Å². The fourth-order valence-electron chi connectivity index (χ4n) is 5.16. The van der Waals surface area contributed by atoms with Crippen molar-refractivity contribution < 1.29 is 33.3 Å². The molecule has 1 amide bonds. The number of amides is 1. The van der Waals surface area contributed by atoms with Gasteiger partial charge in [0.1, 0.15) is 29.5 Å². The van der Waals surface area contributed by atoms with Crippen LogP contribution in [0.3, 0.4) is 0 Å². The van der Waals surface area contributed by atoms with Crippen molar-refractivity contribution in [2.24, 2.45) is 11.8 Å². The van der Waals surface area contributed by atoms with Gasteiger partial charge in [-0.1, -0.05) is 31.9 Å². The van der Waals surface area contributed by atoms with Gasteiger partial charge in [0.15, 0.2) is 0 Å². The van der Waals surface area contributed by atoms with E-state index in [2.05, 4.69) is 32.2 Å². The molecule has 8 heteroatoms. The second kappa shape index (κ2) is 9.69. The van der Waals surface area contributed by atoms with Gasteiger partial charge in [-0.05, 0) is 46.0 Å². The van der Waals surface area contributed by atoms with Gasteiger partial charge in [-0.3, -0.25) is 0 Å². The number of hydrogen-bond donors (Lipinski definition) is 1. The Labute approximate surface area is 191 Å². The molecule has 8 atom stereocenters. The molecule has 3 fully saturated rings. The molecule has 2 aliphatic heterocycles. The fourth-order valence-corrected chi connectivity index (χ4v) is 5.16. The number of epoxide rings is 2. The van der Waals surface area contributed by atoms with E-state index in [9.17, 15) is 9.59 Å². The molecular formula is C24H39NO7. The molecule has 0 aromatic carbocycles. The molecule has 1 spiro atoms. The molecule has 0 aromatic heterocycles. The lowest BCUT2D eigenvalue weighted by atomic mass is 9.68. The molecule has 8 nitrogen and oxygen atoms in total. The Bertz CT molecular complexity index is 730. The average Bonchev–Trinajstić information content (AvgIpc) is 3.67. The number of alkyl carbamates (subject to hydrolysis) is 1. The number of rotatable bonds is 9. The lowest BCUT2D eigenvalue weighted by molar-refractivity contribution is -0.144. The lowest BCUT2D eigenvalue weighted by Gasteiger charge is -2.42. The number of nitrogens with one attached hydrogen (secondary N) is 1. The van der Waals surface area contributed by atoms with Crippen molar-refractivity contribution >= 4 is 12.1 Å². The van der Waals surface area contributed by atoms with Gasteiger partial charge in [0.25, 0.3) is 0 Å². The number of allylic oxidation sites excluding steroid dienone is 1. The van der Waals surface area contributed by atoms with E-state index in [1.807, 2.05) is 13.8 Å². The third-order valence-electron chi connectivity index (χ3n) is 7.44. The monoisotopic (exact) mass is 453 g/mol. The Hall–Kier alpha value is -1.64. The Morgan fingerprint density at radius 2 is 1.97 bits per heavy atom. The van der Waals surface area contributed by atoms with Crippen LogP contribution in [0.1, 0.15) is 60.3 Å². The standard InChI is InChI=1S/C24H39NO7/c1-8-15(4)18(21(26)29-7)25-22(27)31-16-11-12-24(13-30-24)20(19(16)28-6)23(5)17(32-23)10-9-14(2)3/h9,15-20H,8,10-13H2,1-7H3,(H,25,27)/t15?,16-,17+,18-,19-,20-,23-,24+/m1/s1. The first-order valence-corrected chi connectivity index (χ1v) is 11.6. The number of ether oxygens (including phenoxy) is 5. The maximum atomic E-state index is 12.7. The molecule has 2 heterocycles. The van der Waals surface area contributed by atoms with E-state index >= 15 is 0 Å². The zero-order valence-corrected chi connectivity index (χ0v) is 20.4. The summed E-state index contributed by atoms with van der Waals surface area (Å²) in [5.74, 6) is -0.606. The molecule has 1 N–H and O–H groups in total. The third kappa shape index (κ3) is 4.97. The predicted molar refractivity (Wildman–Crippen MR) is 118 cm³/mol. The minimum atomic E-state index is -0.756. The number of carbonyl (C=O) groups is 2. The SMILES string of the molecule is CCC(C)[C@@H](NC(=O)O[C@@H]1CC[C@]2(CO2)[C@@H]([C@]2(C)O[C@H]2CC=C(C)C)[C@@H]1OC)C(=O)OC. The molecule has 1 unspecified atom stereocenters. The van der Waals surface area contributed by atoms with Gasteiger partial charge >= 0.3 is 12.1 Å². The number of esters is 1. The number of hydrogen-bond acceptors (Lipinski definition) is 7. The maximum Gasteiger partial charge on any atom is 0.408 e. The van der Waals surface area contributed by atoms with Gasteiger partial charge in [0.05, 0.1) is 25.7 Å². The van der Waals surface area contributed by atoms with Crippen LogP contribution < -0.4 is 5.32 Å². The van der Waals surface area contributed by atoms with Crippen molar-refractivity contribution in [1.29, 1.82) is 0 Å². The molecule has 0 radical (unpaired) electrons. The quantitative estimate of drug-likeness (QED) is 0.325. The van der Waals surface area contributed by atoms with Gasteiger partial charge < -0.3 is 29.0 Å². The highest BCUT2D eigenvalue weighted by Gasteiger charge is 2.72. The molecule has 2 saturated heterocycles. The van der Waals surface area contributed by atoms with E-state index in [0.717, 1.165) is 19.3 Å². The Morgan fingerprint density at radius 3 is 2.50 bits per heavy atom. The second-order valence-corrected chi connectivity index (χ2v) is 9.85. The molecule has 1 saturated carbocycles. The van der Waals surface area contributed by atoms with Crippen LogP contribution >= 0.6 is 0 Å². The van der Waals surface area contributed by atoms with E-state index in [4.69, 9.17) is 23.7 Å². The van der Waals surface area contributed by atoms with Gasteiger partial charge in [0.2, 0.25) is 0 Å². The Kier molecular flexibility index (Phi) is 7.57. The molecule has 3 aliphatic rings. The first kappa shape index (κ1) is 25.0. The highest BCUT2D eigenvalue weighted by Crippen LogP contribution is 2.59.